The highest BCUT2D eigenvalue weighted by molar-refractivity contribution is 6.04. The molecule has 21 heavy (non-hydrogen) atoms. The molecule has 8 heteroatoms. The molecular formula is C13H9F3N4O. The lowest BCUT2D eigenvalue weighted by atomic mass is 10.1. The van der Waals surface area contributed by atoms with Gasteiger partial charge in [-0.15, -0.1) is 0 Å². The summed E-state index contributed by atoms with van der Waals surface area (Å²) < 4.78 is 38.6. The van der Waals surface area contributed by atoms with Gasteiger partial charge in [0.2, 0.25) is 0 Å². The Morgan fingerprint density at radius 2 is 1.95 bits per heavy atom. The van der Waals surface area contributed by atoms with Gasteiger partial charge in [-0.3, -0.25) is 9.48 Å². The standard InChI is InChI=1S/C13H9F3N4O/c1-20-7-9(6-17)11(19-20)18-12(21)8-2-4-10(5-3-8)13(14,15)16/h2-5,7H,1H3,(H,18,19,21). The summed E-state index contributed by atoms with van der Waals surface area (Å²) in [7, 11) is 1.58. The molecule has 0 aliphatic rings. The second-order valence-electron chi connectivity index (χ2n) is 4.21. The van der Waals surface area contributed by atoms with Crippen molar-refractivity contribution in [3.05, 3.63) is 47.2 Å². The molecule has 108 valence electrons. The summed E-state index contributed by atoms with van der Waals surface area (Å²) in [6.45, 7) is 0. The van der Waals surface area contributed by atoms with Crippen LogP contribution in [-0.4, -0.2) is 15.7 Å². The van der Waals surface area contributed by atoms with E-state index in [4.69, 9.17) is 5.26 Å². The molecule has 0 spiro atoms. The molecule has 0 saturated carbocycles. The minimum Gasteiger partial charge on any atom is -0.304 e. The van der Waals surface area contributed by atoms with E-state index >= 15 is 0 Å². The largest absolute Gasteiger partial charge is 0.416 e. The average molecular weight is 294 g/mol. The van der Waals surface area contributed by atoms with Gasteiger partial charge >= 0.3 is 6.18 Å². The Morgan fingerprint density at radius 3 is 2.48 bits per heavy atom. The SMILES string of the molecule is Cn1cc(C#N)c(NC(=O)c2ccc(C(F)(F)F)cc2)n1. The molecule has 5 nitrogen and oxygen atoms in total. The number of halogens is 3. The van der Waals surface area contributed by atoms with Crippen molar-refractivity contribution >= 4 is 11.7 Å². The number of nitrogens with zero attached hydrogens (tertiary/aromatic N) is 3. The van der Waals surface area contributed by atoms with Crippen molar-refractivity contribution in [3.8, 4) is 6.07 Å². The van der Waals surface area contributed by atoms with Crippen LogP contribution in [0.25, 0.3) is 0 Å². The summed E-state index contributed by atoms with van der Waals surface area (Å²) in [6.07, 6.45) is -3.04. The Balaban J connectivity index is 2.19. The molecule has 1 aromatic heterocycles. The normalized spacial score (nSPS) is 11.0. The summed E-state index contributed by atoms with van der Waals surface area (Å²) in [5, 5.41) is 15.1. The van der Waals surface area contributed by atoms with Crippen LogP contribution in [0, 0.1) is 11.3 Å². The van der Waals surface area contributed by atoms with Crippen molar-refractivity contribution in [2.75, 3.05) is 5.32 Å². The van der Waals surface area contributed by atoms with Crippen LogP contribution < -0.4 is 5.32 Å². The van der Waals surface area contributed by atoms with Gasteiger partial charge in [-0.2, -0.15) is 23.5 Å². The predicted octanol–water partition coefficient (Wildman–Crippen LogP) is 2.56. The molecule has 0 atom stereocenters. The number of aryl methyl sites for hydroxylation is 1. The van der Waals surface area contributed by atoms with Gasteiger partial charge in [0.15, 0.2) is 5.82 Å². The molecule has 0 saturated heterocycles. The molecule has 1 heterocycles. The van der Waals surface area contributed by atoms with Crippen molar-refractivity contribution in [1.82, 2.24) is 9.78 Å². The lowest BCUT2D eigenvalue weighted by molar-refractivity contribution is -0.137. The average Bonchev–Trinajstić information content (AvgIpc) is 2.78. The first-order valence-corrected chi connectivity index (χ1v) is 5.73. The Morgan fingerprint density at radius 1 is 1.33 bits per heavy atom. The number of carbonyl (C=O) groups is 1. The highest BCUT2D eigenvalue weighted by Crippen LogP contribution is 2.29. The maximum atomic E-state index is 12.4. The Kier molecular flexibility index (Phi) is 3.67. The van der Waals surface area contributed by atoms with Crippen LogP contribution in [0.3, 0.4) is 0 Å². The first kappa shape index (κ1) is 14.6. The Labute approximate surface area is 117 Å². The van der Waals surface area contributed by atoms with Gasteiger partial charge in [-0.1, -0.05) is 0 Å². The molecule has 0 bridgehead atoms. The number of carbonyl (C=O) groups excluding carboxylic acids is 1. The van der Waals surface area contributed by atoms with Crippen LogP contribution in [-0.2, 0) is 13.2 Å². The Hall–Kier alpha value is -2.82. The molecule has 0 fully saturated rings. The molecule has 2 rings (SSSR count). The summed E-state index contributed by atoms with van der Waals surface area (Å²) in [6, 6.07) is 5.62. The van der Waals surface area contributed by atoms with Crippen LogP contribution in [0.15, 0.2) is 30.5 Å². The minimum absolute atomic E-state index is 0.0394. The molecule has 1 aromatic carbocycles. The molecule has 1 amide bonds. The topological polar surface area (TPSA) is 70.7 Å². The van der Waals surface area contributed by atoms with E-state index in [2.05, 4.69) is 10.4 Å². The zero-order valence-electron chi connectivity index (χ0n) is 10.8. The maximum absolute atomic E-state index is 12.4. The van der Waals surface area contributed by atoms with E-state index in [9.17, 15) is 18.0 Å². The summed E-state index contributed by atoms with van der Waals surface area (Å²) in [5.74, 6) is -0.580. The van der Waals surface area contributed by atoms with Gasteiger partial charge in [0.1, 0.15) is 11.6 Å². The van der Waals surface area contributed by atoms with E-state index in [0.29, 0.717) is 0 Å². The van der Waals surface area contributed by atoms with Crippen LogP contribution in [0.1, 0.15) is 21.5 Å². The number of amides is 1. The van der Waals surface area contributed by atoms with Gasteiger partial charge < -0.3 is 5.32 Å². The van der Waals surface area contributed by atoms with E-state index in [1.807, 2.05) is 6.07 Å². The van der Waals surface area contributed by atoms with Crippen LogP contribution in [0.4, 0.5) is 19.0 Å². The third-order valence-electron chi connectivity index (χ3n) is 2.66. The van der Waals surface area contributed by atoms with E-state index in [-0.39, 0.29) is 16.9 Å². The molecule has 0 aliphatic carbocycles. The van der Waals surface area contributed by atoms with Gasteiger partial charge in [0.25, 0.3) is 5.91 Å². The highest BCUT2D eigenvalue weighted by Gasteiger charge is 2.30. The number of hydrogen-bond acceptors (Lipinski definition) is 3. The summed E-state index contributed by atoms with van der Waals surface area (Å²) in [5.41, 5.74) is -0.634. The van der Waals surface area contributed by atoms with Gasteiger partial charge in [0, 0.05) is 18.8 Å². The van der Waals surface area contributed by atoms with E-state index in [1.54, 1.807) is 7.05 Å². The van der Waals surface area contributed by atoms with Gasteiger partial charge in [-0.05, 0) is 24.3 Å². The van der Waals surface area contributed by atoms with E-state index in [0.717, 1.165) is 24.3 Å². The molecular weight excluding hydrogens is 285 g/mol. The number of hydrogen-bond donors (Lipinski definition) is 1. The third-order valence-corrected chi connectivity index (χ3v) is 2.66. The van der Waals surface area contributed by atoms with Crippen LogP contribution >= 0.6 is 0 Å². The number of rotatable bonds is 2. The fourth-order valence-corrected chi connectivity index (χ4v) is 1.65. The Bertz CT molecular complexity index is 710. The fraction of sp³-hybridized carbons (Fsp3) is 0.154. The van der Waals surface area contributed by atoms with Crippen molar-refractivity contribution < 1.29 is 18.0 Å². The number of benzene rings is 1. The van der Waals surface area contributed by atoms with Gasteiger partial charge in [-0.25, -0.2) is 0 Å². The minimum atomic E-state index is -4.45. The number of anilines is 1. The molecule has 2 aromatic rings. The zero-order chi connectivity index (χ0) is 15.6. The van der Waals surface area contributed by atoms with Crippen molar-refractivity contribution in [2.24, 2.45) is 7.05 Å². The molecule has 0 aliphatic heterocycles. The number of nitrogens with one attached hydrogen (secondary N) is 1. The number of aromatic nitrogens is 2. The molecule has 0 unspecified atom stereocenters. The molecule has 0 radical (unpaired) electrons. The lowest BCUT2D eigenvalue weighted by Gasteiger charge is -2.07. The van der Waals surface area contributed by atoms with Crippen molar-refractivity contribution in [1.29, 1.82) is 5.26 Å². The smallest absolute Gasteiger partial charge is 0.304 e. The summed E-state index contributed by atoms with van der Waals surface area (Å²) >= 11 is 0. The maximum Gasteiger partial charge on any atom is 0.416 e. The number of alkyl halides is 3. The second-order valence-corrected chi connectivity index (χ2v) is 4.21. The fourth-order valence-electron chi connectivity index (χ4n) is 1.65. The van der Waals surface area contributed by atoms with Crippen molar-refractivity contribution in [2.45, 2.75) is 6.18 Å². The van der Waals surface area contributed by atoms with Crippen LogP contribution in [0.2, 0.25) is 0 Å². The monoisotopic (exact) mass is 294 g/mol. The summed E-state index contributed by atoms with van der Waals surface area (Å²) in [4.78, 5) is 11.9. The second kappa shape index (κ2) is 5.28. The predicted molar refractivity (Wildman–Crippen MR) is 67.3 cm³/mol. The number of nitriles is 1. The highest BCUT2D eigenvalue weighted by atomic mass is 19.4. The van der Waals surface area contributed by atoms with Crippen molar-refractivity contribution in [3.63, 3.8) is 0 Å². The third kappa shape index (κ3) is 3.20. The van der Waals surface area contributed by atoms with E-state index < -0.39 is 17.6 Å². The van der Waals surface area contributed by atoms with E-state index in [1.165, 1.54) is 10.9 Å². The van der Waals surface area contributed by atoms with Gasteiger partial charge in [0.05, 0.1) is 5.56 Å². The molecule has 1 N–H and O–H groups in total. The first-order chi connectivity index (χ1) is 9.81. The van der Waals surface area contributed by atoms with Crippen LogP contribution in [0.5, 0.6) is 0 Å². The first-order valence-electron chi connectivity index (χ1n) is 5.73. The zero-order valence-corrected chi connectivity index (χ0v) is 10.8. The lowest BCUT2D eigenvalue weighted by Crippen LogP contribution is -2.14. The quantitative estimate of drug-likeness (QED) is 0.925.